The van der Waals surface area contributed by atoms with E-state index in [-0.39, 0.29) is 19.0 Å². The van der Waals surface area contributed by atoms with Crippen molar-refractivity contribution in [1.82, 2.24) is 14.6 Å². The first-order chi connectivity index (χ1) is 13.6. The Hall–Kier alpha value is -3.13. The van der Waals surface area contributed by atoms with Crippen LogP contribution in [-0.2, 0) is 13.2 Å². The molecule has 2 aromatic carbocycles. The minimum Gasteiger partial charge on any atom is -0.508 e. The van der Waals surface area contributed by atoms with Crippen LogP contribution in [0.3, 0.4) is 0 Å². The van der Waals surface area contributed by atoms with Crippen molar-refractivity contribution < 1.29 is 15.3 Å². The highest BCUT2D eigenvalue weighted by Gasteiger charge is 2.10. The van der Waals surface area contributed by atoms with Gasteiger partial charge < -0.3 is 20.6 Å². The average Bonchev–Trinajstić information content (AvgIpc) is 3.10. The first kappa shape index (κ1) is 18.2. The third-order valence-corrected chi connectivity index (χ3v) is 4.60. The van der Waals surface area contributed by atoms with Gasteiger partial charge in [-0.1, -0.05) is 17.7 Å². The van der Waals surface area contributed by atoms with Crippen LogP contribution in [0, 0.1) is 0 Å². The van der Waals surface area contributed by atoms with E-state index in [1.807, 2.05) is 6.07 Å². The van der Waals surface area contributed by atoms with E-state index in [9.17, 15) is 15.3 Å². The molecule has 0 aliphatic heterocycles. The van der Waals surface area contributed by atoms with Crippen LogP contribution in [0.5, 0.6) is 5.75 Å². The first-order valence-corrected chi connectivity index (χ1v) is 8.90. The number of anilines is 2. The zero-order chi connectivity index (χ0) is 19.7. The second-order valence-corrected chi connectivity index (χ2v) is 6.71. The summed E-state index contributed by atoms with van der Waals surface area (Å²) < 4.78 is 1.61. The molecule has 28 heavy (non-hydrogen) atoms. The molecule has 0 aliphatic carbocycles. The average molecular weight is 397 g/mol. The maximum Gasteiger partial charge on any atom is 0.247 e. The number of benzene rings is 2. The Morgan fingerprint density at radius 2 is 1.71 bits per heavy atom. The molecule has 0 fully saturated rings. The molecule has 0 spiro atoms. The van der Waals surface area contributed by atoms with E-state index in [1.54, 1.807) is 47.1 Å². The van der Waals surface area contributed by atoms with Crippen molar-refractivity contribution in [3.63, 3.8) is 0 Å². The number of nitrogens with one attached hydrogen (secondary N) is 1. The molecule has 0 radical (unpaired) electrons. The number of phenols is 1. The van der Waals surface area contributed by atoms with Gasteiger partial charge >= 0.3 is 0 Å². The summed E-state index contributed by atoms with van der Waals surface area (Å²) in [6.45, 7) is -0.260. The van der Waals surface area contributed by atoms with Gasteiger partial charge in [0.15, 0.2) is 5.65 Å². The smallest absolute Gasteiger partial charge is 0.247 e. The normalized spacial score (nSPS) is 11.1. The molecule has 0 bridgehead atoms. The predicted molar refractivity (Wildman–Crippen MR) is 107 cm³/mol. The lowest BCUT2D eigenvalue weighted by molar-refractivity contribution is 0.275. The van der Waals surface area contributed by atoms with Crippen LogP contribution in [-0.4, -0.2) is 29.9 Å². The fourth-order valence-corrected chi connectivity index (χ4v) is 3.20. The molecule has 2 aromatic heterocycles. The lowest BCUT2D eigenvalue weighted by Crippen LogP contribution is -1.97. The molecule has 7 nitrogen and oxygen atoms in total. The van der Waals surface area contributed by atoms with Gasteiger partial charge in [0, 0.05) is 28.0 Å². The number of phenolic OH excluding ortho intramolecular Hbond substituents is 1. The summed E-state index contributed by atoms with van der Waals surface area (Å²) in [6, 6.07) is 13.7. The van der Waals surface area contributed by atoms with E-state index >= 15 is 0 Å². The highest BCUT2D eigenvalue weighted by molar-refractivity contribution is 6.33. The Labute approximate surface area is 165 Å². The summed E-state index contributed by atoms with van der Waals surface area (Å²) >= 11 is 6.24. The molecule has 0 aliphatic rings. The van der Waals surface area contributed by atoms with E-state index in [2.05, 4.69) is 15.4 Å². The number of hydrogen-bond donors (Lipinski definition) is 4. The second-order valence-electron chi connectivity index (χ2n) is 6.30. The van der Waals surface area contributed by atoms with Crippen LogP contribution >= 0.6 is 11.6 Å². The molecular weight excluding hydrogens is 380 g/mol. The van der Waals surface area contributed by atoms with Gasteiger partial charge in [0.05, 0.1) is 13.2 Å². The van der Waals surface area contributed by atoms with E-state index in [0.29, 0.717) is 39.0 Å². The van der Waals surface area contributed by atoms with Crippen molar-refractivity contribution >= 4 is 28.9 Å². The summed E-state index contributed by atoms with van der Waals surface area (Å²) in [5.74, 6) is 0.502. The van der Waals surface area contributed by atoms with E-state index in [4.69, 9.17) is 11.6 Å². The quantitative estimate of drug-likeness (QED) is 0.412. The molecule has 0 unspecified atom stereocenters. The van der Waals surface area contributed by atoms with Crippen molar-refractivity contribution in [3.05, 3.63) is 70.9 Å². The van der Waals surface area contributed by atoms with Gasteiger partial charge in [-0.05, 0) is 53.6 Å². The van der Waals surface area contributed by atoms with Crippen LogP contribution in [0.4, 0.5) is 11.6 Å². The number of fused-ring (bicyclic) bond motifs is 1. The Kier molecular flexibility index (Phi) is 4.87. The van der Waals surface area contributed by atoms with Crippen LogP contribution in [0.15, 0.2) is 54.7 Å². The topological polar surface area (TPSA) is 103 Å². The van der Waals surface area contributed by atoms with Gasteiger partial charge in [-0.25, -0.2) is 4.52 Å². The number of aromatic hydroxyl groups is 1. The monoisotopic (exact) mass is 396 g/mol. The van der Waals surface area contributed by atoms with Gasteiger partial charge in [-0.2, -0.15) is 4.98 Å². The van der Waals surface area contributed by atoms with Crippen LogP contribution in [0.25, 0.3) is 16.8 Å². The Bertz CT molecular complexity index is 1140. The molecule has 0 atom stereocenters. The maximum atomic E-state index is 9.73. The number of aromatic nitrogens is 3. The zero-order valence-corrected chi connectivity index (χ0v) is 15.4. The van der Waals surface area contributed by atoms with E-state index < -0.39 is 0 Å². The third-order valence-electron chi connectivity index (χ3n) is 4.27. The number of halogens is 1. The largest absolute Gasteiger partial charge is 0.508 e. The lowest BCUT2D eigenvalue weighted by atomic mass is 10.1. The Morgan fingerprint density at radius 3 is 2.43 bits per heavy atom. The summed E-state index contributed by atoms with van der Waals surface area (Å²) in [4.78, 5) is 4.43. The maximum absolute atomic E-state index is 9.73. The number of nitrogens with zero attached hydrogens (tertiary/aromatic N) is 3. The number of aliphatic hydroxyl groups is 2. The lowest BCUT2D eigenvalue weighted by Gasteiger charge is -2.07. The van der Waals surface area contributed by atoms with Crippen molar-refractivity contribution in [3.8, 4) is 16.9 Å². The molecule has 0 amide bonds. The summed E-state index contributed by atoms with van der Waals surface area (Å²) in [5.41, 5.74) is 4.13. The third kappa shape index (κ3) is 3.63. The van der Waals surface area contributed by atoms with Gasteiger partial charge in [0.2, 0.25) is 5.95 Å². The Morgan fingerprint density at radius 1 is 0.964 bits per heavy atom. The summed E-state index contributed by atoms with van der Waals surface area (Å²) in [6.07, 6.45) is 1.78. The van der Waals surface area contributed by atoms with Crippen molar-refractivity contribution in [2.75, 3.05) is 5.32 Å². The van der Waals surface area contributed by atoms with Crippen LogP contribution in [0.2, 0.25) is 5.02 Å². The van der Waals surface area contributed by atoms with Crippen molar-refractivity contribution in [2.45, 2.75) is 13.2 Å². The highest BCUT2D eigenvalue weighted by Crippen LogP contribution is 2.31. The molecule has 4 N–H and O–H groups in total. The fourth-order valence-electron chi connectivity index (χ4n) is 2.98. The minimum absolute atomic E-state index is 0.129. The molecular formula is C20H17ClN4O3. The summed E-state index contributed by atoms with van der Waals surface area (Å²) in [5, 5.41) is 36.5. The number of pyridine rings is 1. The van der Waals surface area contributed by atoms with Gasteiger partial charge in [0.1, 0.15) is 5.75 Å². The minimum atomic E-state index is -0.130. The number of aliphatic hydroxyl groups excluding tert-OH is 2. The van der Waals surface area contributed by atoms with Gasteiger partial charge in [-0.3, -0.25) is 0 Å². The summed E-state index contributed by atoms with van der Waals surface area (Å²) in [7, 11) is 0. The second kappa shape index (κ2) is 7.47. The molecule has 4 aromatic rings. The molecule has 4 rings (SSSR count). The highest BCUT2D eigenvalue weighted by atomic mass is 35.5. The Balaban J connectivity index is 1.68. The first-order valence-electron chi connectivity index (χ1n) is 8.52. The van der Waals surface area contributed by atoms with Gasteiger partial charge in [-0.15, -0.1) is 5.10 Å². The molecule has 2 heterocycles. The SMILES string of the molecule is OCc1cc(CO)cc(Nc2nc3ccc(-c4cc(O)ccc4Cl)cn3n2)c1. The molecule has 142 valence electrons. The predicted octanol–water partition coefficient (Wildman–Crippen LogP) is 3.48. The van der Waals surface area contributed by atoms with E-state index in [0.717, 1.165) is 5.56 Å². The number of rotatable bonds is 5. The van der Waals surface area contributed by atoms with E-state index in [1.165, 1.54) is 6.07 Å². The standard InChI is InChI=1S/C20H17ClN4O3/c21-18-3-2-16(28)8-17(18)14-1-4-19-23-20(24-25(19)9-14)22-15-6-12(10-26)5-13(7-15)11-27/h1-9,26-28H,10-11H2,(H,22,24). The van der Waals surface area contributed by atoms with Crippen LogP contribution in [0.1, 0.15) is 11.1 Å². The molecule has 8 heteroatoms. The van der Waals surface area contributed by atoms with Crippen molar-refractivity contribution in [1.29, 1.82) is 0 Å². The number of hydrogen-bond acceptors (Lipinski definition) is 6. The fraction of sp³-hybridized carbons (Fsp3) is 0.100. The van der Waals surface area contributed by atoms with Crippen LogP contribution < -0.4 is 5.32 Å². The molecule has 0 saturated heterocycles. The van der Waals surface area contributed by atoms with Gasteiger partial charge in [0.25, 0.3) is 0 Å². The van der Waals surface area contributed by atoms with Crippen molar-refractivity contribution in [2.24, 2.45) is 0 Å². The molecule has 0 saturated carbocycles. The zero-order valence-electron chi connectivity index (χ0n) is 14.7.